The third-order valence-corrected chi connectivity index (χ3v) is 4.37. The Morgan fingerprint density at radius 2 is 1.63 bits per heavy atom. The summed E-state index contributed by atoms with van der Waals surface area (Å²) in [5.74, 6) is 0.666. The number of hydrogen-bond donors (Lipinski definition) is 0. The van der Waals surface area contributed by atoms with Gasteiger partial charge in [0.05, 0.1) is 23.3 Å². The van der Waals surface area contributed by atoms with Gasteiger partial charge in [0.25, 0.3) is 0 Å². The van der Waals surface area contributed by atoms with E-state index in [-0.39, 0.29) is 0 Å². The minimum Gasteiger partial charge on any atom is -0.488 e. The zero-order valence-corrected chi connectivity index (χ0v) is 15.1. The van der Waals surface area contributed by atoms with Crippen molar-refractivity contribution >= 4 is 23.3 Å². The third-order valence-electron chi connectivity index (χ3n) is 4.01. The van der Waals surface area contributed by atoms with E-state index in [1.807, 2.05) is 48.5 Å². The van der Waals surface area contributed by atoms with Crippen molar-refractivity contribution in [1.82, 2.24) is 0 Å². The Morgan fingerprint density at radius 1 is 0.926 bits per heavy atom. The maximum atomic E-state index is 9.56. The highest BCUT2D eigenvalue weighted by Gasteiger charge is 2.07. The van der Waals surface area contributed by atoms with Gasteiger partial charge < -0.3 is 4.74 Å². The largest absolute Gasteiger partial charge is 0.488 e. The molecule has 3 aromatic rings. The minimum absolute atomic E-state index is 0.337. The normalized spacial score (nSPS) is 10.7. The molecule has 4 heteroatoms. The zero-order valence-electron chi connectivity index (χ0n) is 14.4. The van der Waals surface area contributed by atoms with Gasteiger partial charge in [-0.15, -0.1) is 0 Å². The van der Waals surface area contributed by atoms with Crippen molar-refractivity contribution in [3.63, 3.8) is 0 Å². The Labute approximate surface area is 163 Å². The fourth-order valence-corrected chi connectivity index (χ4v) is 2.75. The van der Waals surface area contributed by atoms with Crippen LogP contribution in [0.15, 0.2) is 72.8 Å². The summed E-state index contributed by atoms with van der Waals surface area (Å²) in [7, 11) is 0. The zero-order chi connectivity index (χ0) is 19.1. The Hall–Kier alpha value is -3.53. The Bertz CT molecular complexity index is 1060. The van der Waals surface area contributed by atoms with E-state index >= 15 is 0 Å². The van der Waals surface area contributed by atoms with Gasteiger partial charge in [0.1, 0.15) is 12.4 Å². The van der Waals surface area contributed by atoms with E-state index in [0.29, 0.717) is 28.5 Å². The van der Waals surface area contributed by atoms with Gasteiger partial charge in [-0.2, -0.15) is 10.5 Å². The molecule has 0 atom stereocenters. The van der Waals surface area contributed by atoms with Crippen LogP contribution in [-0.2, 0) is 6.61 Å². The van der Waals surface area contributed by atoms with Crippen molar-refractivity contribution < 1.29 is 4.74 Å². The van der Waals surface area contributed by atoms with E-state index in [1.54, 1.807) is 30.3 Å². The van der Waals surface area contributed by atoms with Gasteiger partial charge in [-0.25, -0.2) is 0 Å². The van der Waals surface area contributed by atoms with Gasteiger partial charge in [-0.05, 0) is 35.9 Å². The molecule has 130 valence electrons. The fraction of sp³-hybridized carbons (Fsp3) is 0.0435. The molecular formula is C23H15ClN2O. The molecule has 0 fully saturated rings. The van der Waals surface area contributed by atoms with Crippen LogP contribution in [-0.4, -0.2) is 0 Å². The van der Waals surface area contributed by atoms with Crippen molar-refractivity contribution in [2.75, 3.05) is 0 Å². The second-order valence-electron chi connectivity index (χ2n) is 5.78. The summed E-state index contributed by atoms with van der Waals surface area (Å²) >= 11 is 6.18. The molecule has 3 nitrogen and oxygen atoms in total. The molecule has 0 radical (unpaired) electrons. The van der Waals surface area contributed by atoms with Gasteiger partial charge in [-0.1, -0.05) is 60.1 Å². The summed E-state index contributed by atoms with van der Waals surface area (Å²) in [4.78, 5) is 0. The molecule has 3 aromatic carbocycles. The quantitative estimate of drug-likeness (QED) is 0.417. The van der Waals surface area contributed by atoms with Crippen LogP contribution in [0.3, 0.4) is 0 Å². The first kappa shape index (κ1) is 18.3. The molecule has 0 aliphatic heterocycles. The molecule has 27 heavy (non-hydrogen) atoms. The minimum atomic E-state index is 0.337. The lowest BCUT2D eigenvalue weighted by atomic mass is 10.0. The molecule has 0 unspecified atom stereocenters. The smallest absolute Gasteiger partial charge is 0.127 e. The topological polar surface area (TPSA) is 56.8 Å². The van der Waals surface area contributed by atoms with Crippen LogP contribution in [0.1, 0.15) is 22.3 Å². The van der Waals surface area contributed by atoms with Crippen molar-refractivity contribution in [1.29, 1.82) is 10.5 Å². The average molecular weight is 371 g/mol. The van der Waals surface area contributed by atoms with E-state index in [1.165, 1.54) is 0 Å². The maximum Gasteiger partial charge on any atom is 0.127 e. The van der Waals surface area contributed by atoms with Crippen LogP contribution >= 0.6 is 11.6 Å². The van der Waals surface area contributed by atoms with E-state index in [2.05, 4.69) is 12.1 Å². The lowest BCUT2D eigenvalue weighted by molar-refractivity contribution is 0.305. The third kappa shape index (κ3) is 4.55. The summed E-state index contributed by atoms with van der Waals surface area (Å²) in [6.07, 6.45) is 1.78. The lowest BCUT2D eigenvalue weighted by Crippen LogP contribution is -1.97. The second-order valence-corrected chi connectivity index (χ2v) is 6.18. The molecule has 0 heterocycles. The molecule has 3 rings (SSSR count). The number of benzene rings is 3. The summed E-state index contributed by atoms with van der Waals surface area (Å²) in [6, 6.07) is 26.3. The molecule has 0 aliphatic rings. The predicted octanol–water partition coefficient (Wildman–Crippen LogP) is 5.85. The molecule has 0 saturated carbocycles. The van der Waals surface area contributed by atoms with Crippen molar-refractivity contribution in [2.24, 2.45) is 0 Å². The highest BCUT2D eigenvalue weighted by Crippen LogP contribution is 2.26. The van der Waals surface area contributed by atoms with Crippen LogP contribution in [0.5, 0.6) is 5.75 Å². The monoisotopic (exact) mass is 370 g/mol. The van der Waals surface area contributed by atoms with Crippen LogP contribution in [0, 0.1) is 22.7 Å². The standard InChI is InChI=1S/C23H15ClN2O/c24-22-7-3-1-6-20(22)16-27-23-8-4-2-5-19(23)13-21(15-26)18-11-9-17(14-25)10-12-18/h1-13H,16H2. The van der Waals surface area contributed by atoms with Crippen LogP contribution < -0.4 is 4.74 Å². The SMILES string of the molecule is N#CC(=Cc1ccccc1OCc1ccccc1Cl)c1ccc(C#N)cc1. The summed E-state index contributed by atoms with van der Waals surface area (Å²) in [5, 5.41) is 19.1. The number of nitriles is 2. The number of ether oxygens (including phenoxy) is 1. The van der Waals surface area contributed by atoms with Crippen LogP contribution in [0.25, 0.3) is 11.6 Å². The van der Waals surface area contributed by atoms with Crippen molar-refractivity contribution in [3.8, 4) is 17.9 Å². The van der Waals surface area contributed by atoms with Gasteiger partial charge in [-0.3, -0.25) is 0 Å². The summed E-state index contributed by atoms with van der Waals surface area (Å²) in [6.45, 7) is 0.337. The van der Waals surface area contributed by atoms with Gasteiger partial charge >= 0.3 is 0 Å². The lowest BCUT2D eigenvalue weighted by Gasteiger charge is -2.11. The first-order valence-corrected chi connectivity index (χ1v) is 8.66. The molecule has 0 aromatic heterocycles. The Balaban J connectivity index is 1.88. The molecule has 0 bridgehead atoms. The van der Waals surface area contributed by atoms with Crippen LogP contribution in [0.2, 0.25) is 5.02 Å². The number of halogens is 1. The number of hydrogen-bond acceptors (Lipinski definition) is 3. The van der Waals surface area contributed by atoms with E-state index in [4.69, 9.17) is 21.6 Å². The van der Waals surface area contributed by atoms with Crippen LogP contribution in [0.4, 0.5) is 0 Å². The second kappa shape index (κ2) is 8.72. The first-order chi connectivity index (χ1) is 13.2. The summed E-state index contributed by atoms with van der Waals surface area (Å²) < 4.78 is 5.94. The molecular weight excluding hydrogens is 356 g/mol. The highest BCUT2D eigenvalue weighted by atomic mass is 35.5. The fourth-order valence-electron chi connectivity index (χ4n) is 2.56. The van der Waals surface area contributed by atoms with Crippen molar-refractivity contribution in [2.45, 2.75) is 6.61 Å². The summed E-state index contributed by atoms with van der Waals surface area (Å²) in [5.41, 5.74) is 3.49. The highest BCUT2D eigenvalue weighted by molar-refractivity contribution is 6.31. The molecule has 0 amide bonds. The Morgan fingerprint density at radius 3 is 2.33 bits per heavy atom. The predicted molar refractivity (Wildman–Crippen MR) is 107 cm³/mol. The van der Waals surface area contributed by atoms with Gasteiger partial charge in [0, 0.05) is 16.1 Å². The number of rotatable bonds is 5. The maximum absolute atomic E-state index is 9.56. The van der Waals surface area contributed by atoms with E-state index in [0.717, 1.165) is 16.7 Å². The first-order valence-electron chi connectivity index (χ1n) is 8.29. The van der Waals surface area contributed by atoms with Gasteiger partial charge in [0.15, 0.2) is 0 Å². The number of allylic oxidation sites excluding steroid dienone is 1. The van der Waals surface area contributed by atoms with Crippen molar-refractivity contribution in [3.05, 3.63) is 100 Å². The average Bonchev–Trinajstić information content (AvgIpc) is 2.72. The number of para-hydroxylation sites is 1. The van der Waals surface area contributed by atoms with E-state index in [9.17, 15) is 5.26 Å². The molecule has 0 saturated heterocycles. The molecule has 0 spiro atoms. The Kier molecular flexibility index (Phi) is 5.90. The molecule has 0 aliphatic carbocycles. The van der Waals surface area contributed by atoms with Gasteiger partial charge in [0.2, 0.25) is 0 Å². The molecule has 0 N–H and O–H groups in total. The van der Waals surface area contributed by atoms with E-state index < -0.39 is 0 Å². The number of nitrogens with zero attached hydrogens (tertiary/aromatic N) is 2.